The Morgan fingerprint density at radius 2 is 1.71 bits per heavy atom. The summed E-state index contributed by atoms with van der Waals surface area (Å²) in [6.07, 6.45) is 0.101. The first-order chi connectivity index (χ1) is 11.1. The van der Waals surface area contributed by atoms with E-state index in [1.165, 1.54) is 0 Å². The van der Waals surface area contributed by atoms with E-state index >= 15 is 0 Å². The predicted octanol–water partition coefficient (Wildman–Crippen LogP) is 0.447. The molecule has 1 aromatic rings. The number of halogens is 1. The summed E-state index contributed by atoms with van der Waals surface area (Å²) >= 11 is 0. The van der Waals surface area contributed by atoms with Crippen molar-refractivity contribution in [1.29, 1.82) is 0 Å². The Morgan fingerprint density at radius 3 is 2.29 bits per heavy atom. The maximum absolute atomic E-state index is 12.1. The van der Waals surface area contributed by atoms with E-state index in [1.54, 1.807) is 31.4 Å². The van der Waals surface area contributed by atoms with Crippen molar-refractivity contribution in [3.63, 3.8) is 0 Å². The standard InChI is InChI=1S/C16H21N3O4.ClH/c1-23-11-9-17-7-8-18-14(20)6-10-19-15(21)12-4-2-3-5-13(12)16(19)22;/h2-5,17H,6-11H2,1H3,(H,18,20);1H. The minimum atomic E-state index is -0.334. The number of rotatable bonds is 9. The molecule has 8 heteroatoms. The Bertz CT molecular complexity index is 559. The number of imide groups is 1. The SMILES string of the molecule is COCCNCCNC(=O)CCN1C(=O)c2ccccc2C1=O.Cl. The molecule has 1 aromatic carbocycles. The maximum Gasteiger partial charge on any atom is 0.261 e. The molecule has 0 saturated carbocycles. The number of hydrogen-bond donors (Lipinski definition) is 2. The lowest BCUT2D eigenvalue weighted by molar-refractivity contribution is -0.121. The first kappa shape index (κ1) is 20.1. The van der Waals surface area contributed by atoms with Gasteiger partial charge in [-0.15, -0.1) is 12.4 Å². The van der Waals surface area contributed by atoms with Crippen molar-refractivity contribution in [2.24, 2.45) is 0 Å². The van der Waals surface area contributed by atoms with E-state index < -0.39 is 0 Å². The number of fused-ring (bicyclic) bond motifs is 1. The average Bonchev–Trinajstić information content (AvgIpc) is 2.80. The van der Waals surface area contributed by atoms with Crippen LogP contribution in [0.5, 0.6) is 0 Å². The normalized spacial score (nSPS) is 12.8. The van der Waals surface area contributed by atoms with E-state index in [2.05, 4.69) is 10.6 Å². The lowest BCUT2D eigenvalue weighted by Gasteiger charge is -2.13. The Balaban J connectivity index is 0.00000288. The molecule has 0 atom stereocenters. The van der Waals surface area contributed by atoms with Crippen LogP contribution >= 0.6 is 12.4 Å². The molecular weight excluding hydrogens is 334 g/mol. The molecule has 1 aliphatic heterocycles. The summed E-state index contributed by atoms with van der Waals surface area (Å²) in [6, 6.07) is 6.69. The van der Waals surface area contributed by atoms with Gasteiger partial charge in [0.2, 0.25) is 5.91 Å². The van der Waals surface area contributed by atoms with Crippen LogP contribution in [-0.4, -0.2) is 62.5 Å². The Kier molecular flexibility index (Phi) is 8.39. The second-order valence-electron chi connectivity index (χ2n) is 5.15. The van der Waals surface area contributed by atoms with E-state index in [4.69, 9.17) is 4.74 Å². The minimum absolute atomic E-state index is 0. The molecule has 3 amide bonds. The van der Waals surface area contributed by atoms with Crippen molar-refractivity contribution in [2.45, 2.75) is 6.42 Å². The summed E-state index contributed by atoms with van der Waals surface area (Å²) in [5.41, 5.74) is 0.806. The van der Waals surface area contributed by atoms with Crippen LogP contribution in [0.4, 0.5) is 0 Å². The number of hydrogen-bond acceptors (Lipinski definition) is 5. The molecule has 0 aromatic heterocycles. The molecular formula is C16H22ClN3O4. The summed E-state index contributed by atoms with van der Waals surface area (Å²) in [7, 11) is 1.63. The lowest BCUT2D eigenvalue weighted by atomic mass is 10.1. The van der Waals surface area contributed by atoms with E-state index in [1.807, 2.05) is 0 Å². The second kappa shape index (κ2) is 10.0. The Morgan fingerprint density at radius 1 is 1.08 bits per heavy atom. The number of carbonyl (C=O) groups excluding carboxylic acids is 3. The molecule has 2 rings (SSSR count). The topological polar surface area (TPSA) is 87.7 Å². The van der Waals surface area contributed by atoms with Gasteiger partial charge in [0.25, 0.3) is 11.8 Å². The van der Waals surface area contributed by atoms with Crippen LogP contribution in [0.2, 0.25) is 0 Å². The first-order valence-corrected chi connectivity index (χ1v) is 7.56. The monoisotopic (exact) mass is 355 g/mol. The highest BCUT2D eigenvalue weighted by atomic mass is 35.5. The smallest absolute Gasteiger partial charge is 0.261 e. The molecule has 0 radical (unpaired) electrons. The quantitative estimate of drug-likeness (QED) is 0.496. The first-order valence-electron chi connectivity index (χ1n) is 7.56. The third kappa shape index (κ3) is 5.02. The Labute approximate surface area is 147 Å². The van der Waals surface area contributed by atoms with Crippen molar-refractivity contribution in [1.82, 2.24) is 15.5 Å². The zero-order valence-electron chi connectivity index (χ0n) is 13.5. The fourth-order valence-electron chi connectivity index (χ4n) is 2.33. The van der Waals surface area contributed by atoms with Crippen LogP contribution < -0.4 is 10.6 Å². The van der Waals surface area contributed by atoms with Gasteiger partial charge in [0.15, 0.2) is 0 Å². The minimum Gasteiger partial charge on any atom is -0.383 e. The molecule has 0 aliphatic carbocycles. The van der Waals surface area contributed by atoms with Gasteiger partial charge in [-0.1, -0.05) is 12.1 Å². The maximum atomic E-state index is 12.1. The zero-order valence-corrected chi connectivity index (χ0v) is 14.4. The summed E-state index contributed by atoms with van der Waals surface area (Å²) in [5, 5.41) is 5.85. The average molecular weight is 356 g/mol. The molecule has 24 heavy (non-hydrogen) atoms. The highest BCUT2D eigenvalue weighted by molar-refractivity contribution is 6.21. The molecule has 7 nitrogen and oxygen atoms in total. The number of nitrogens with zero attached hydrogens (tertiary/aromatic N) is 1. The van der Waals surface area contributed by atoms with Crippen molar-refractivity contribution in [3.05, 3.63) is 35.4 Å². The van der Waals surface area contributed by atoms with Gasteiger partial charge < -0.3 is 15.4 Å². The highest BCUT2D eigenvalue weighted by Crippen LogP contribution is 2.22. The number of carbonyl (C=O) groups is 3. The molecule has 1 aliphatic rings. The number of ether oxygens (including phenoxy) is 1. The summed E-state index contributed by atoms with van der Waals surface area (Å²) in [6.45, 7) is 2.57. The molecule has 0 bridgehead atoms. The molecule has 132 valence electrons. The number of benzene rings is 1. The third-order valence-electron chi connectivity index (χ3n) is 3.55. The molecule has 0 unspecified atom stereocenters. The molecule has 0 spiro atoms. The van der Waals surface area contributed by atoms with Gasteiger partial charge in [-0.3, -0.25) is 19.3 Å². The van der Waals surface area contributed by atoms with Crippen LogP contribution in [0.25, 0.3) is 0 Å². The zero-order chi connectivity index (χ0) is 16.7. The van der Waals surface area contributed by atoms with E-state index in [-0.39, 0.29) is 43.1 Å². The van der Waals surface area contributed by atoms with Gasteiger partial charge in [-0.2, -0.15) is 0 Å². The number of methoxy groups -OCH3 is 1. The van der Waals surface area contributed by atoms with Gasteiger partial charge in [-0.25, -0.2) is 0 Å². The predicted molar refractivity (Wildman–Crippen MR) is 91.4 cm³/mol. The van der Waals surface area contributed by atoms with Crippen LogP contribution in [0, 0.1) is 0 Å². The van der Waals surface area contributed by atoms with Crippen LogP contribution in [0.15, 0.2) is 24.3 Å². The summed E-state index contributed by atoms with van der Waals surface area (Å²) in [4.78, 5) is 37.2. The van der Waals surface area contributed by atoms with Crippen LogP contribution in [-0.2, 0) is 9.53 Å². The second-order valence-corrected chi connectivity index (χ2v) is 5.15. The lowest BCUT2D eigenvalue weighted by Crippen LogP contribution is -2.37. The van der Waals surface area contributed by atoms with Crippen LogP contribution in [0.3, 0.4) is 0 Å². The Hall–Kier alpha value is -1.96. The third-order valence-corrected chi connectivity index (χ3v) is 3.55. The largest absolute Gasteiger partial charge is 0.383 e. The van der Waals surface area contributed by atoms with Gasteiger partial charge >= 0.3 is 0 Å². The van der Waals surface area contributed by atoms with Crippen LogP contribution in [0.1, 0.15) is 27.1 Å². The fourth-order valence-corrected chi connectivity index (χ4v) is 2.33. The van der Waals surface area contributed by atoms with E-state index in [9.17, 15) is 14.4 Å². The van der Waals surface area contributed by atoms with Gasteiger partial charge in [-0.05, 0) is 12.1 Å². The summed E-state index contributed by atoms with van der Waals surface area (Å²) in [5.74, 6) is -0.852. The number of nitrogens with one attached hydrogen (secondary N) is 2. The van der Waals surface area contributed by atoms with Crippen molar-refractivity contribution < 1.29 is 19.1 Å². The molecule has 0 saturated heterocycles. The number of amides is 3. The van der Waals surface area contributed by atoms with E-state index in [0.29, 0.717) is 30.8 Å². The fraction of sp³-hybridized carbons (Fsp3) is 0.438. The van der Waals surface area contributed by atoms with Crippen molar-refractivity contribution in [2.75, 3.05) is 39.9 Å². The molecule has 1 heterocycles. The van der Waals surface area contributed by atoms with Gasteiger partial charge in [0, 0.05) is 39.7 Å². The molecule has 2 N–H and O–H groups in total. The molecule has 0 fully saturated rings. The van der Waals surface area contributed by atoms with Gasteiger partial charge in [0.1, 0.15) is 0 Å². The van der Waals surface area contributed by atoms with E-state index in [0.717, 1.165) is 11.4 Å². The summed E-state index contributed by atoms with van der Waals surface area (Å²) < 4.78 is 4.89. The van der Waals surface area contributed by atoms with Crippen molar-refractivity contribution in [3.8, 4) is 0 Å². The van der Waals surface area contributed by atoms with Gasteiger partial charge in [0.05, 0.1) is 17.7 Å². The van der Waals surface area contributed by atoms with Crippen molar-refractivity contribution >= 4 is 30.1 Å². The highest BCUT2D eigenvalue weighted by Gasteiger charge is 2.34.